The minimum Gasteiger partial charge on any atom is -0.327 e. The predicted molar refractivity (Wildman–Crippen MR) is 97.3 cm³/mol. The van der Waals surface area contributed by atoms with E-state index in [0.29, 0.717) is 34.0 Å². The predicted octanol–water partition coefficient (Wildman–Crippen LogP) is 3.00. The van der Waals surface area contributed by atoms with Gasteiger partial charge < -0.3 is 11.1 Å². The molecule has 2 aliphatic rings. The van der Waals surface area contributed by atoms with Gasteiger partial charge in [-0.15, -0.1) is 22.6 Å². The molecule has 0 spiro atoms. The monoisotopic (exact) mass is 382 g/mol. The third kappa shape index (κ3) is 3.54. The summed E-state index contributed by atoms with van der Waals surface area (Å²) >= 11 is 1.28. The van der Waals surface area contributed by atoms with Crippen LogP contribution in [0.15, 0.2) is 24.3 Å². The summed E-state index contributed by atoms with van der Waals surface area (Å²) in [6.07, 6.45) is 3.66. The van der Waals surface area contributed by atoms with Crippen molar-refractivity contribution in [2.75, 3.05) is 5.32 Å². The molecule has 1 heterocycles. The van der Waals surface area contributed by atoms with E-state index >= 15 is 0 Å². The first-order chi connectivity index (χ1) is 11.6. The van der Waals surface area contributed by atoms with Crippen LogP contribution in [0.3, 0.4) is 0 Å². The molecule has 2 bridgehead atoms. The van der Waals surface area contributed by atoms with Crippen LogP contribution in [-0.2, 0) is 11.2 Å². The number of benzene rings is 1. The number of fused-ring (bicyclic) bond motifs is 2. The van der Waals surface area contributed by atoms with Crippen LogP contribution in [0.1, 0.15) is 29.8 Å². The number of nitrogens with one attached hydrogen (secondary N) is 1. The Bertz CT molecular complexity index is 769. The van der Waals surface area contributed by atoms with Gasteiger partial charge in [-0.05, 0) is 42.7 Å². The highest BCUT2D eigenvalue weighted by atomic mass is 35.5. The van der Waals surface area contributed by atoms with Crippen LogP contribution in [0.4, 0.5) is 9.52 Å². The molecule has 0 saturated heterocycles. The average Bonchev–Trinajstić information content (AvgIpc) is 3.26. The van der Waals surface area contributed by atoms with Crippen LogP contribution in [0.2, 0.25) is 0 Å². The zero-order chi connectivity index (χ0) is 16.7. The molecule has 4 unspecified atom stereocenters. The third-order valence-electron chi connectivity index (χ3n) is 5.28. The molecular weight excluding hydrogens is 363 g/mol. The van der Waals surface area contributed by atoms with Gasteiger partial charge in [-0.1, -0.05) is 29.5 Å². The molecule has 1 aromatic carbocycles. The van der Waals surface area contributed by atoms with Crippen LogP contribution in [0.5, 0.6) is 0 Å². The van der Waals surface area contributed by atoms with Crippen LogP contribution < -0.4 is 11.1 Å². The lowest BCUT2D eigenvalue weighted by molar-refractivity contribution is -0.121. The van der Waals surface area contributed by atoms with E-state index in [9.17, 15) is 9.18 Å². The molecule has 2 aromatic rings. The standard InChI is InChI=1S/C17H19FN4OS.ClH/c18-12-4-2-1-3-9(12)8-13-21-22-17(24-13)20-16(23)14-10-5-6-11(7-10)15(14)19;/h1-4,10-11,14-15H,5-8,19H2,(H,20,22,23);1H. The summed E-state index contributed by atoms with van der Waals surface area (Å²) in [7, 11) is 0. The van der Waals surface area contributed by atoms with Gasteiger partial charge in [0.2, 0.25) is 11.0 Å². The van der Waals surface area contributed by atoms with Crippen molar-refractivity contribution in [1.29, 1.82) is 0 Å². The molecule has 0 radical (unpaired) electrons. The van der Waals surface area contributed by atoms with Crippen LogP contribution >= 0.6 is 23.7 Å². The number of aromatic nitrogens is 2. The number of anilines is 1. The number of hydrogen-bond acceptors (Lipinski definition) is 5. The molecule has 0 aliphatic heterocycles. The minimum atomic E-state index is -0.258. The quantitative estimate of drug-likeness (QED) is 0.851. The SMILES string of the molecule is Cl.NC1C2CCC(C2)C1C(=O)Nc1nnc(Cc2ccccc2F)s1. The molecule has 4 atom stereocenters. The van der Waals surface area contributed by atoms with Gasteiger partial charge in [-0.25, -0.2) is 4.39 Å². The van der Waals surface area contributed by atoms with Crippen molar-refractivity contribution in [2.24, 2.45) is 23.5 Å². The van der Waals surface area contributed by atoms with Crippen molar-refractivity contribution < 1.29 is 9.18 Å². The molecular formula is C17H20ClFN4OS. The zero-order valence-corrected chi connectivity index (χ0v) is 15.2. The number of amides is 1. The van der Waals surface area contributed by atoms with Gasteiger partial charge in [0.15, 0.2) is 0 Å². The molecule has 1 amide bonds. The summed E-state index contributed by atoms with van der Waals surface area (Å²) in [5.74, 6) is 0.449. The summed E-state index contributed by atoms with van der Waals surface area (Å²) in [6.45, 7) is 0. The van der Waals surface area contributed by atoms with Crippen LogP contribution in [-0.4, -0.2) is 22.1 Å². The number of nitrogens with two attached hydrogens (primary N) is 1. The Morgan fingerprint density at radius 1 is 1.28 bits per heavy atom. The second-order valence-corrected chi connectivity index (χ2v) is 7.76. The fourth-order valence-electron chi connectivity index (χ4n) is 4.09. The van der Waals surface area contributed by atoms with Crippen molar-refractivity contribution in [2.45, 2.75) is 31.7 Å². The Hall–Kier alpha value is -1.57. The number of rotatable bonds is 4. The lowest BCUT2D eigenvalue weighted by Gasteiger charge is -2.26. The van der Waals surface area contributed by atoms with Gasteiger partial charge in [-0.2, -0.15) is 0 Å². The second-order valence-electron chi connectivity index (χ2n) is 6.69. The maximum Gasteiger partial charge on any atom is 0.231 e. The smallest absolute Gasteiger partial charge is 0.231 e. The van der Waals surface area contributed by atoms with E-state index in [0.717, 1.165) is 19.3 Å². The molecule has 5 nitrogen and oxygen atoms in total. The van der Waals surface area contributed by atoms with Crippen molar-refractivity contribution in [3.63, 3.8) is 0 Å². The Morgan fingerprint density at radius 3 is 2.76 bits per heavy atom. The number of carbonyl (C=O) groups excluding carboxylic acids is 1. The van der Waals surface area contributed by atoms with Gasteiger partial charge in [-0.3, -0.25) is 4.79 Å². The maximum atomic E-state index is 13.7. The minimum absolute atomic E-state index is 0. The van der Waals surface area contributed by atoms with Crippen molar-refractivity contribution in [3.8, 4) is 0 Å². The van der Waals surface area contributed by atoms with Crippen molar-refractivity contribution in [3.05, 3.63) is 40.7 Å². The average molecular weight is 383 g/mol. The van der Waals surface area contributed by atoms with E-state index in [4.69, 9.17) is 5.73 Å². The molecule has 2 saturated carbocycles. The molecule has 2 aliphatic carbocycles. The summed E-state index contributed by atoms with van der Waals surface area (Å²) in [5.41, 5.74) is 6.78. The lowest BCUT2D eigenvalue weighted by Crippen LogP contribution is -2.42. The number of halogens is 2. The molecule has 8 heteroatoms. The molecule has 4 rings (SSSR count). The first kappa shape index (κ1) is 18.2. The van der Waals surface area contributed by atoms with Gasteiger partial charge in [0.25, 0.3) is 0 Å². The Kier molecular flexibility index (Phi) is 5.36. The lowest BCUT2D eigenvalue weighted by atomic mass is 9.84. The highest BCUT2D eigenvalue weighted by Gasteiger charge is 2.49. The highest BCUT2D eigenvalue weighted by Crippen LogP contribution is 2.47. The fraction of sp³-hybridized carbons (Fsp3) is 0.471. The van der Waals surface area contributed by atoms with Crippen LogP contribution in [0, 0.1) is 23.6 Å². The van der Waals surface area contributed by atoms with E-state index in [1.807, 2.05) is 0 Å². The molecule has 3 N–H and O–H groups in total. The molecule has 2 fully saturated rings. The Balaban J connectivity index is 0.00000182. The summed E-state index contributed by atoms with van der Waals surface area (Å²) in [6, 6.07) is 6.55. The van der Waals surface area contributed by atoms with Gasteiger partial charge in [0.1, 0.15) is 10.8 Å². The van der Waals surface area contributed by atoms with E-state index in [1.165, 1.54) is 17.4 Å². The van der Waals surface area contributed by atoms with Crippen molar-refractivity contribution in [1.82, 2.24) is 10.2 Å². The second kappa shape index (κ2) is 7.35. The van der Waals surface area contributed by atoms with Gasteiger partial charge in [0.05, 0.1) is 5.92 Å². The summed E-state index contributed by atoms with van der Waals surface area (Å²) < 4.78 is 13.7. The molecule has 134 valence electrons. The topological polar surface area (TPSA) is 80.9 Å². The van der Waals surface area contributed by atoms with Gasteiger partial charge >= 0.3 is 0 Å². The fourth-order valence-corrected chi connectivity index (χ4v) is 4.86. The van der Waals surface area contributed by atoms with E-state index < -0.39 is 0 Å². The first-order valence-electron chi connectivity index (χ1n) is 8.24. The number of hydrogen-bond donors (Lipinski definition) is 2. The van der Waals surface area contributed by atoms with Gasteiger partial charge in [0, 0.05) is 12.5 Å². The van der Waals surface area contributed by atoms with Crippen LogP contribution in [0.25, 0.3) is 0 Å². The Morgan fingerprint density at radius 2 is 2.04 bits per heavy atom. The van der Waals surface area contributed by atoms with E-state index in [2.05, 4.69) is 15.5 Å². The largest absolute Gasteiger partial charge is 0.327 e. The normalized spacial score (nSPS) is 27.1. The van der Waals surface area contributed by atoms with E-state index in [1.54, 1.807) is 18.2 Å². The zero-order valence-electron chi connectivity index (χ0n) is 13.5. The highest BCUT2D eigenvalue weighted by molar-refractivity contribution is 7.15. The number of nitrogens with zero attached hydrogens (tertiary/aromatic N) is 2. The molecule has 1 aromatic heterocycles. The maximum absolute atomic E-state index is 13.7. The third-order valence-corrected chi connectivity index (χ3v) is 6.12. The number of carbonyl (C=O) groups is 1. The Labute approximate surface area is 155 Å². The summed E-state index contributed by atoms with van der Waals surface area (Å²) in [4.78, 5) is 12.5. The molecule has 25 heavy (non-hydrogen) atoms. The van der Waals surface area contributed by atoms with E-state index in [-0.39, 0.29) is 36.1 Å². The first-order valence-corrected chi connectivity index (χ1v) is 9.05. The van der Waals surface area contributed by atoms with Crippen molar-refractivity contribution >= 4 is 34.8 Å². The summed E-state index contributed by atoms with van der Waals surface area (Å²) in [5, 5.41) is 12.1.